The average Bonchev–Trinajstić information content (AvgIpc) is 3.42. The van der Waals surface area contributed by atoms with Crippen LogP contribution in [0, 0.1) is 17.2 Å². The molecule has 7 heteroatoms. The van der Waals surface area contributed by atoms with Gasteiger partial charge in [0.05, 0.1) is 12.2 Å². The van der Waals surface area contributed by atoms with Crippen LogP contribution < -0.4 is 9.47 Å². The summed E-state index contributed by atoms with van der Waals surface area (Å²) in [5.41, 5.74) is 4.33. The van der Waals surface area contributed by atoms with Gasteiger partial charge in [0, 0.05) is 29.6 Å². The highest BCUT2D eigenvalue weighted by molar-refractivity contribution is 5.96. The summed E-state index contributed by atoms with van der Waals surface area (Å²) in [6, 6.07) is 19.9. The Kier molecular flexibility index (Phi) is 7.26. The van der Waals surface area contributed by atoms with E-state index in [2.05, 4.69) is 11.8 Å². The number of alkyl halides is 1. The molecule has 3 atom stereocenters. The van der Waals surface area contributed by atoms with E-state index in [1.165, 1.54) is 0 Å². The summed E-state index contributed by atoms with van der Waals surface area (Å²) in [5.74, 6) is 1.56. The van der Waals surface area contributed by atoms with Gasteiger partial charge < -0.3 is 19.7 Å². The van der Waals surface area contributed by atoms with Crippen LogP contribution in [0.3, 0.4) is 0 Å². The summed E-state index contributed by atoms with van der Waals surface area (Å²) in [4.78, 5) is 2.27. The zero-order valence-electron chi connectivity index (χ0n) is 21.5. The van der Waals surface area contributed by atoms with Crippen LogP contribution in [0.5, 0.6) is 23.0 Å². The van der Waals surface area contributed by atoms with E-state index < -0.39 is 6.10 Å². The first-order valence-electron chi connectivity index (χ1n) is 12.8. The fourth-order valence-electron chi connectivity index (χ4n) is 5.29. The van der Waals surface area contributed by atoms with E-state index in [9.17, 15) is 19.9 Å². The molecule has 2 heterocycles. The van der Waals surface area contributed by atoms with E-state index in [1.807, 2.05) is 37.3 Å². The molecule has 6 nitrogen and oxygen atoms in total. The number of benzene rings is 3. The van der Waals surface area contributed by atoms with Gasteiger partial charge in [-0.05, 0) is 86.0 Å². The molecule has 196 valence electrons. The predicted octanol–water partition coefficient (Wildman–Crippen LogP) is 6.09. The van der Waals surface area contributed by atoms with Crippen molar-refractivity contribution in [1.82, 2.24) is 4.90 Å². The van der Waals surface area contributed by atoms with E-state index in [-0.39, 0.29) is 35.7 Å². The molecule has 38 heavy (non-hydrogen) atoms. The van der Waals surface area contributed by atoms with Gasteiger partial charge in [-0.3, -0.25) is 9.29 Å². The third kappa shape index (κ3) is 5.05. The first kappa shape index (κ1) is 25.6. The topological polar surface area (TPSA) is 86.0 Å². The minimum Gasteiger partial charge on any atom is -0.508 e. The molecule has 2 N–H and O–H groups in total. The Morgan fingerprint density at radius 3 is 2.61 bits per heavy atom. The minimum atomic E-state index is -0.477. The summed E-state index contributed by atoms with van der Waals surface area (Å²) in [5, 5.41) is 29.7. The van der Waals surface area contributed by atoms with E-state index >= 15 is 0 Å². The van der Waals surface area contributed by atoms with Crippen LogP contribution in [0.15, 0.2) is 60.7 Å². The number of aromatic hydroxyl groups is 2. The van der Waals surface area contributed by atoms with Gasteiger partial charge in [0.1, 0.15) is 41.8 Å². The van der Waals surface area contributed by atoms with Crippen molar-refractivity contribution in [3.05, 3.63) is 82.9 Å². The average molecular weight is 515 g/mol. The van der Waals surface area contributed by atoms with Crippen molar-refractivity contribution in [1.29, 1.82) is 5.26 Å². The molecule has 0 aromatic heterocycles. The van der Waals surface area contributed by atoms with Crippen molar-refractivity contribution in [3.8, 4) is 29.1 Å². The smallest absolute Gasteiger partial charge is 0.150 e. The third-order valence-corrected chi connectivity index (χ3v) is 7.54. The van der Waals surface area contributed by atoms with Gasteiger partial charge >= 0.3 is 0 Å². The molecular weight excluding hydrogens is 483 g/mol. The fourth-order valence-corrected chi connectivity index (χ4v) is 5.29. The van der Waals surface area contributed by atoms with Crippen LogP contribution in [0.4, 0.5) is 4.39 Å². The number of phenolic OH excluding ortho intramolecular Hbond substituents is 2. The molecule has 0 aliphatic carbocycles. The van der Waals surface area contributed by atoms with Crippen LogP contribution in [-0.4, -0.2) is 47.5 Å². The molecule has 5 rings (SSSR count). The van der Waals surface area contributed by atoms with Crippen molar-refractivity contribution in [2.45, 2.75) is 32.4 Å². The molecular formula is C31H31FN2O4. The van der Waals surface area contributed by atoms with Crippen molar-refractivity contribution < 1.29 is 24.1 Å². The van der Waals surface area contributed by atoms with Gasteiger partial charge in [0.15, 0.2) is 0 Å². The molecule has 2 aliphatic rings. The SMILES string of the molecule is CC1=C(c2ccc(C#N)c(O)c2)C(c2ccc(OCC(C)N3CCC(CF)C3)cc2)Oc2ccc(O)cc21. The van der Waals surface area contributed by atoms with Gasteiger partial charge in [-0.25, -0.2) is 0 Å². The maximum atomic E-state index is 13.0. The van der Waals surface area contributed by atoms with E-state index in [4.69, 9.17) is 9.47 Å². The van der Waals surface area contributed by atoms with Crippen LogP contribution in [0.1, 0.15) is 48.6 Å². The van der Waals surface area contributed by atoms with Crippen LogP contribution in [0.2, 0.25) is 0 Å². The van der Waals surface area contributed by atoms with Gasteiger partial charge in [-0.15, -0.1) is 0 Å². The Morgan fingerprint density at radius 1 is 1.13 bits per heavy atom. The van der Waals surface area contributed by atoms with Crippen LogP contribution in [-0.2, 0) is 0 Å². The molecule has 3 aromatic carbocycles. The second-order valence-electron chi connectivity index (χ2n) is 10.1. The van der Waals surface area contributed by atoms with E-state index in [0.717, 1.165) is 53.1 Å². The fraction of sp³-hybridized carbons (Fsp3) is 0.323. The van der Waals surface area contributed by atoms with Gasteiger partial charge in [0.25, 0.3) is 0 Å². The number of allylic oxidation sites excluding steroid dienone is 1. The maximum absolute atomic E-state index is 13.0. The Labute approximate surface area is 222 Å². The van der Waals surface area contributed by atoms with Crippen molar-refractivity contribution in [2.75, 3.05) is 26.4 Å². The summed E-state index contributed by atoms with van der Waals surface area (Å²) < 4.78 is 25.5. The molecule has 3 unspecified atom stereocenters. The molecule has 0 saturated carbocycles. The maximum Gasteiger partial charge on any atom is 0.150 e. The molecule has 1 saturated heterocycles. The monoisotopic (exact) mass is 514 g/mol. The molecule has 0 amide bonds. The normalized spacial score (nSPS) is 19.9. The summed E-state index contributed by atoms with van der Waals surface area (Å²) in [6.07, 6.45) is 0.418. The lowest BCUT2D eigenvalue weighted by atomic mass is 9.85. The zero-order chi connectivity index (χ0) is 26.8. The summed E-state index contributed by atoms with van der Waals surface area (Å²) in [6.45, 7) is 5.99. The number of hydrogen-bond acceptors (Lipinski definition) is 6. The van der Waals surface area contributed by atoms with Crippen molar-refractivity contribution in [3.63, 3.8) is 0 Å². The third-order valence-electron chi connectivity index (χ3n) is 7.54. The van der Waals surface area contributed by atoms with Gasteiger partial charge in [-0.2, -0.15) is 5.26 Å². The number of nitrogens with zero attached hydrogens (tertiary/aromatic N) is 2. The number of fused-ring (bicyclic) bond motifs is 1. The number of rotatable bonds is 7. The minimum absolute atomic E-state index is 0.0977. The quantitative estimate of drug-likeness (QED) is 0.397. The molecule has 3 aromatic rings. The van der Waals surface area contributed by atoms with Gasteiger partial charge in [0.2, 0.25) is 0 Å². The van der Waals surface area contributed by atoms with Crippen LogP contribution >= 0.6 is 0 Å². The number of phenols is 2. The number of hydrogen-bond donors (Lipinski definition) is 2. The number of halogens is 1. The lowest BCUT2D eigenvalue weighted by Gasteiger charge is -2.31. The lowest BCUT2D eigenvalue weighted by Crippen LogP contribution is -2.35. The summed E-state index contributed by atoms with van der Waals surface area (Å²) >= 11 is 0. The summed E-state index contributed by atoms with van der Waals surface area (Å²) in [7, 11) is 0. The Bertz CT molecular complexity index is 1400. The highest BCUT2D eigenvalue weighted by atomic mass is 19.1. The molecule has 1 fully saturated rings. The Balaban J connectivity index is 1.41. The van der Waals surface area contributed by atoms with Crippen LogP contribution in [0.25, 0.3) is 11.1 Å². The zero-order valence-corrected chi connectivity index (χ0v) is 21.5. The second-order valence-corrected chi connectivity index (χ2v) is 10.1. The van der Waals surface area contributed by atoms with Gasteiger partial charge in [-0.1, -0.05) is 18.2 Å². The lowest BCUT2D eigenvalue weighted by molar-refractivity contribution is 0.165. The molecule has 2 aliphatic heterocycles. The first-order chi connectivity index (χ1) is 18.4. The molecule has 0 spiro atoms. The highest BCUT2D eigenvalue weighted by Gasteiger charge is 2.30. The molecule has 0 radical (unpaired) electrons. The Hall–Kier alpha value is -4.02. The van der Waals surface area contributed by atoms with E-state index in [0.29, 0.717) is 12.4 Å². The highest BCUT2D eigenvalue weighted by Crippen LogP contribution is 2.48. The van der Waals surface area contributed by atoms with E-state index in [1.54, 1.807) is 36.4 Å². The predicted molar refractivity (Wildman–Crippen MR) is 144 cm³/mol. The van der Waals surface area contributed by atoms with Crippen molar-refractivity contribution in [2.24, 2.45) is 5.92 Å². The largest absolute Gasteiger partial charge is 0.508 e. The number of nitriles is 1. The molecule has 0 bridgehead atoms. The number of ether oxygens (including phenoxy) is 2. The number of likely N-dealkylation sites (tertiary alicyclic amines) is 1. The first-order valence-corrected chi connectivity index (χ1v) is 12.8. The van der Waals surface area contributed by atoms with Crippen molar-refractivity contribution >= 4 is 11.1 Å². The Morgan fingerprint density at radius 2 is 1.92 bits per heavy atom. The second kappa shape index (κ2) is 10.8. The standard InChI is InChI=1S/C31H31FN2O4/c1-19(34-12-11-21(15-32)17-34)18-37-26-8-5-22(6-9-26)31-30(23-3-4-24(16-33)28(36)13-23)20(2)27-14-25(35)7-10-29(27)38-31/h3-10,13-14,19,21,31,35-36H,11-12,15,17-18H2,1-2H3.